The number of aromatic nitrogens is 2. The SMILES string of the molecule is CS(=O)(=O)N(Cc1ccccc1)Cc1ncc(CC(=O)O)c(=O)[nH]1. The summed E-state index contributed by atoms with van der Waals surface area (Å²) in [6.07, 6.45) is 1.79. The van der Waals surface area contributed by atoms with E-state index in [0.717, 1.165) is 18.0 Å². The number of H-pyrrole nitrogens is 1. The van der Waals surface area contributed by atoms with Crippen LogP contribution in [0.3, 0.4) is 0 Å². The summed E-state index contributed by atoms with van der Waals surface area (Å²) in [4.78, 5) is 28.9. The number of carbonyl (C=O) groups is 1. The molecule has 2 aromatic rings. The zero-order valence-electron chi connectivity index (χ0n) is 13.0. The molecule has 0 bridgehead atoms. The van der Waals surface area contributed by atoms with Gasteiger partial charge in [-0.2, -0.15) is 4.31 Å². The molecule has 1 aromatic carbocycles. The van der Waals surface area contributed by atoms with Crippen LogP contribution in [0.4, 0.5) is 0 Å². The van der Waals surface area contributed by atoms with Crippen molar-refractivity contribution in [2.75, 3.05) is 6.26 Å². The molecule has 0 radical (unpaired) electrons. The van der Waals surface area contributed by atoms with E-state index in [2.05, 4.69) is 9.97 Å². The van der Waals surface area contributed by atoms with Gasteiger partial charge >= 0.3 is 5.97 Å². The van der Waals surface area contributed by atoms with Crippen molar-refractivity contribution in [3.63, 3.8) is 0 Å². The third-order valence-electron chi connectivity index (χ3n) is 3.26. The van der Waals surface area contributed by atoms with E-state index in [4.69, 9.17) is 5.11 Å². The maximum absolute atomic E-state index is 12.0. The fraction of sp³-hybridized carbons (Fsp3) is 0.267. The minimum atomic E-state index is -3.53. The molecular weight excluding hydrogens is 334 g/mol. The average molecular weight is 351 g/mol. The highest BCUT2D eigenvalue weighted by molar-refractivity contribution is 7.88. The second-order valence-electron chi connectivity index (χ2n) is 5.27. The summed E-state index contributed by atoms with van der Waals surface area (Å²) in [6, 6.07) is 9.02. The van der Waals surface area contributed by atoms with Crippen molar-refractivity contribution >= 4 is 16.0 Å². The van der Waals surface area contributed by atoms with Crippen molar-refractivity contribution in [1.29, 1.82) is 0 Å². The maximum atomic E-state index is 12.0. The summed E-state index contributed by atoms with van der Waals surface area (Å²) >= 11 is 0. The van der Waals surface area contributed by atoms with E-state index in [1.165, 1.54) is 4.31 Å². The van der Waals surface area contributed by atoms with Gasteiger partial charge in [0.05, 0.1) is 19.2 Å². The smallest absolute Gasteiger partial charge is 0.308 e. The number of nitrogens with one attached hydrogen (secondary N) is 1. The number of rotatable bonds is 7. The molecule has 0 unspecified atom stereocenters. The monoisotopic (exact) mass is 351 g/mol. The summed E-state index contributed by atoms with van der Waals surface area (Å²) in [5.74, 6) is -0.993. The first-order chi connectivity index (χ1) is 11.3. The Morgan fingerprint density at radius 2 is 1.92 bits per heavy atom. The Balaban J connectivity index is 2.22. The fourth-order valence-corrected chi connectivity index (χ4v) is 2.81. The molecule has 0 aliphatic rings. The standard InChI is InChI=1S/C15H17N3O5S/c1-24(22,23)18(9-11-5-3-2-4-6-11)10-13-16-8-12(7-14(19)20)15(21)17-13/h2-6,8H,7,9-10H2,1H3,(H,19,20)(H,16,17,21). The summed E-state index contributed by atoms with van der Waals surface area (Å²) in [7, 11) is -3.53. The zero-order chi connectivity index (χ0) is 17.7. The van der Waals surface area contributed by atoms with Gasteiger partial charge in [0, 0.05) is 18.3 Å². The Bertz CT molecular complexity index is 877. The van der Waals surface area contributed by atoms with Crippen molar-refractivity contribution < 1.29 is 18.3 Å². The molecule has 0 saturated carbocycles. The fourth-order valence-electron chi connectivity index (χ4n) is 2.07. The largest absolute Gasteiger partial charge is 0.481 e. The number of nitrogens with zero attached hydrogens (tertiary/aromatic N) is 2. The van der Waals surface area contributed by atoms with Gasteiger partial charge in [-0.05, 0) is 5.56 Å². The molecule has 1 heterocycles. The Hall–Kier alpha value is -2.52. The molecule has 0 spiro atoms. The lowest BCUT2D eigenvalue weighted by Gasteiger charge is -2.19. The first kappa shape index (κ1) is 17.8. The number of hydrogen-bond acceptors (Lipinski definition) is 5. The van der Waals surface area contributed by atoms with E-state index in [9.17, 15) is 18.0 Å². The van der Waals surface area contributed by atoms with Gasteiger partial charge in [0.1, 0.15) is 5.82 Å². The predicted octanol–water partition coefficient (Wildman–Crippen LogP) is 0.359. The maximum Gasteiger partial charge on any atom is 0.308 e. The van der Waals surface area contributed by atoms with Gasteiger partial charge in [0.25, 0.3) is 5.56 Å². The lowest BCUT2D eigenvalue weighted by Crippen LogP contribution is -2.31. The van der Waals surface area contributed by atoms with Gasteiger partial charge in [-0.3, -0.25) is 9.59 Å². The number of aliphatic carboxylic acids is 1. The van der Waals surface area contributed by atoms with Crippen LogP contribution in [-0.2, 0) is 34.3 Å². The minimum absolute atomic E-state index is 0.0141. The van der Waals surface area contributed by atoms with Gasteiger partial charge < -0.3 is 10.1 Å². The Morgan fingerprint density at radius 1 is 1.25 bits per heavy atom. The third-order valence-corrected chi connectivity index (χ3v) is 4.46. The third kappa shape index (κ3) is 5.00. The van der Waals surface area contributed by atoms with Gasteiger partial charge in [-0.15, -0.1) is 0 Å². The molecule has 0 saturated heterocycles. The summed E-state index contributed by atoms with van der Waals surface area (Å²) < 4.78 is 25.1. The van der Waals surface area contributed by atoms with Crippen LogP contribution in [0, 0.1) is 0 Å². The van der Waals surface area contributed by atoms with Crippen LogP contribution in [0.2, 0.25) is 0 Å². The van der Waals surface area contributed by atoms with Gasteiger partial charge in [-0.1, -0.05) is 30.3 Å². The molecule has 0 fully saturated rings. The Kier molecular flexibility index (Phi) is 5.47. The van der Waals surface area contributed by atoms with Crippen LogP contribution >= 0.6 is 0 Å². The highest BCUT2D eigenvalue weighted by Gasteiger charge is 2.19. The lowest BCUT2D eigenvalue weighted by atomic mass is 10.2. The molecule has 1 aromatic heterocycles. The predicted molar refractivity (Wildman–Crippen MR) is 86.7 cm³/mol. The Morgan fingerprint density at radius 3 is 2.46 bits per heavy atom. The first-order valence-corrected chi connectivity index (χ1v) is 8.88. The van der Waals surface area contributed by atoms with Gasteiger partial charge in [-0.25, -0.2) is 13.4 Å². The molecule has 2 N–H and O–H groups in total. The van der Waals surface area contributed by atoms with E-state index in [1.54, 1.807) is 24.3 Å². The molecule has 9 heteroatoms. The van der Waals surface area contributed by atoms with Crippen molar-refractivity contribution in [2.45, 2.75) is 19.5 Å². The van der Waals surface area contributed by atoms with Crippen LogP contribution in [0.15, 0.2) is 41.3 Å². The van der Waals surface area contributed by atoms with Crippen LogP contribution in [0.1, 0.15) is 17.0 Å². The molecule has 0 atom stereocenters. The van der Waals surface area contributed by atoms with Crippen LogP contribution in [0.25, 0.3) is 0 Å². The van der Waals surface area contributed by atoms with Crippen LogP contribution < -0.4 is 5.56 Å². The molecule has 0 aliphatic carbocycles. The highest BCUT2D eigenvalue weighted by atomic mass is 32.2. The highest BCUT2D eigenvalue weighted by Crippen LogP contribution is 2.11. The number of carboxylic acids is 1. The normalized spacial score (nSPS) is 11.6. The second-order valence-corrected chi connectivity index (χ2v) is 7.25. The molecule has 128 valence electrons. The zero-order valence-corrected chi connectivity index (χ0v) is 13.8. The number of benzene rings is 1. The molecule has 2 rings (SSSR count). The molecule has 0 aliphatic heterocycles. The minimum Gasteiger partial charge on any atom is -0.481 e. The lowest BCUT2D eigenvalue weighted by molar-refractivity contribution is -0.136. The second kappa shape index (κ2) is 7.37. The summed E-state index contributed by atoms with van der Waals surface area (Å²) in [6.45, 7) is 0.0244. The van der Waals surface area contributed by atoms with Crippen molar-refractivity contribution in [3.05, 3.63) is 63.8 Å². The molecule has 0 amide bonds. The molecular formula is C15H17N3O5S. The number of sulfonamides is 1. The number of carboxylic acid groups (broad SMARTS) is 1. The van der Waals surface area contributed by atoms with Crippen molar-refractivity contribution in [3.8, 4) is 0 Å². The summed E-state index contributed by atoms with van der Waals surface area (Å²) in [5, 5.41) is 8.71. The van der Waals surface area contributed by atoms with E-state index < -0.39 is 28.0 Å². The van der Waals surface area contributed by atoms with E-state index in [1.807, 2.05) is 6.07 Å². The molecule has 24 heavy (non-hydrogen) atoms. The van der Waals surface area contributed by atoms with Gasteiger partial charge in [0.15, 0.2) is 0 Å². The van der Waals surface area contributed by atoms with E-state index in [0.29, 0.717) is 0 Å². The van der Waals surface area contributed by atoms with Crippen molar-refractivity contribution in [1.82, 2.24) is 14.3 Å². The number of aromatic amines is 1. The average Bonchev–Trinajstić information content (AvgIpc) is 2.49. The molecule has 8 nitrogen and oxygen atoms in total. The topological polar surface area (TPSA) is 120 Å². The quantitative estimate of drug-likeness (QED) is 0.743. The van der Waals surface area contributed by atoms with Crippen LogP contribution in [-0.4, -0.2) is 40.0 Å². The first-order valence-electron chi connectivity index (χ1n) is 7.03. The number of hydrogen-bond donors (Lipinski definition) is 2. The van der Waals surface area contributed by atoms with Crippen LogP contribution in [0.5, 0.6) is 0 Å². The van der Waals surface area contributed by atoms with Gasteiger partial charge in [0.2, 0.25) is 10.0 Å². The van der Waals surface area contributed by atoms with E-state index >= 15 is 0 Å². The van der Waals surface area contributed by atoms with E-state index in [-0.39, 0.29) is 24.5 Å². The van der Waals surface area contributed by atoms with Crippen molar-refractivity contribution in [2.24, 2.45) is 0 Å². The Labute approximate surface area is 138 Å². The summed E-state index contributed by atoms with van der Waals surface area (Å²) in [5.41, 5.74) is 0.226.